The fourth-order valence-electron chi connectivity index (χ4n) is 3.56. The van der Waals surface area contributed by atoms with Crippen molar-refractivity contribution in [2.75, 3.05) is 29.8 Å². The molecule has 3 aromatic rings. The molecule has 0 aliphatic carbocycles. The average molecular weight is 468 g/mol. The minimum Gasteiger partial charge on any atom is -0.381 e. The predicted molar refractivity (Wildman–Crippen MR) is 127 cm³/mol. The Kier molecular flexibility index (Phi) is 6.33. The van der Waals surface area contributed by atoms with Crippen molar-refractivity contribution in [3.05, 3.63) is 76.9 Å². The molecule has 7 nitrogen and oxygen atoms in total. The van der Waals surface area contributed by atoms with Gasteiger partial charge >= 0.3 is 10.2 Å². The maximum Gasteiger partial charge on any atom is 0.303 e. The molecule has 0 amide bonds. The lowest BCUT2D eigenvalue weighted by atomic mass is 10.1. The Morgan fingerprint density at radius 3 is 2.66 bits per heavy atom. The molecule has 4 rings (SSSR count). The first-order valence-corrected chi connectivity index (χ1v) is 11.9. The zero-order chi connectivity index (χ0) is 22.7. The van der Waals surface area contributed by atoms with Gasteiger partial charge in [-0.15, -0.1) is 0 Å². The van der Waals surface area contributed by atoms with E-state index in [1.165, 1.54) is 8.61 Å². The van der Waals surface area contributed by atoms with Gasteiger partial charge in [0.2, 0.25) is 0 Å². The molecule has 164 valence electrons. The number of nitriles is 1. The summed E-state index contributed by atoms with van der Waals surface area (Å²) >= 11 is 6.36. The van der Waals surface area contributed by atoms with Crippen molar-refractivity contribution in [1.82, 2.24) is 9.29 Å². The highest BCUT2D eigenvalue weighted by molar-refractivity contribution is 7.90. The van der Waals surface area contributed by atoms with Crippen LogP contribution in [0.15, 0.2) is 60.8 Å². The molecule has 1 aromatic heterocycles. The van der Waals surface area contributed by atoms with E-state index < -0.39 is 10.2 Å². The molecule has 2 aromatic carbocycles. The molecule has 0 bridgehead atoms. The number of aromatic nitrogens is 1. The Hall–Kier alpha value is -3.12. The van der Waals surface area contributed by atoms with Gasteiger partial charge in [0.15, 0.2) is 0 Å². The number of anilines is 2. The number of nitrogens with zero attached hydrogens (tertiary/aromatic N) is 4. The van der Waals surface area contributed by atoms with E-state index >= 15 is 0 Å². The first kappa shape index (κ1) is 22.1. The van der Waals surface area contributed by atoms with E-state index in [0.717, 1.165) is 23.2 Å². The van der Waals surface area contributed by atoms with Gasteiger partial charge in [-0.05, 0) is 54.4 Å². The van der Waals surface area contributed by atoms with Gasteiger partial charge in [0.05, 0.1) is 28.0 Å². The van der Waals surface area contributed by atoms with Crippen LogP contribution in [0.2, 0.25) is 5.02 Å². The van der Waals surface area contributed by atoms with Gasteiger partial charge in [-0.1, -0.05) is 23.7 Å². The monoisotopic (exact) mass is 467 g/mol. The number of hydrogen-bond donors (Lipinski definition) is 1. The van der Waals surface area contributed by atoms with E-state index in [2.05, 4.69) is 16.4 Å². The molecule has 1 aliphatic heterocycles. The van der Waals surface area contributed by atoms with E-state index in [9.17, 15) is 8.42 Å². The van der Waals surface area contributed by atoms with Crippen molar-refractivity contribution in [3.63, 3.8) is 0 Å². The SMILES string of the molecule is CN1CCCN(c2ccc(CNc3ccc(Cl)c(-c4cc(C#N)ccn4)c3)cc2)S1(=O)=O. The third-order valence-electron chi connectivity index (χ3n) is 5.36. The van der Waals surface area contributed by atoms with E-state index in [1.54, 1.807) is 31.4 Å². The standard InChI is InChI=1S/C23H22ClN5O2S/c1-28-11-2-12-29(32(28,30)31)20-6-3-17(4-7-20)16-27-19-5-8-22(24)21(14-19)23-13-18(15-25)9-10-26-23/h3-10,13-14,27H,2,11-12,16H2,1H3. The third-order valence-corrected chi connectivity index (χ3v) is 7.61. The van der Waals surface area contributed by atoms with Crippen molar-refractivity contribution in [2.24, 2.45) is 0 Å². The molecule has 9 heteroatoms. The molecule has 1 aliphatic rings. The summed E-state index contributed by atoms with van der Waals surface area (Å²) in [6, 6.07) is 18.5. The van der Waals surface area contributed by atoms with Crippen LogP contribution in [-0.2, 0) is 16.8 Å². The quantitative estimate of drug-likeness (QED) is 0.605. The molecule has 1 saturated heterocycles. The Bertz CT molecular complexity index is 1270. The summed E-state index contributed by atoms with van der Waals surface area (Å²) < 4.78 is 27.9. The third kappa shape index (κ3) is 4.55. The van der Waals surface area contributed by atoms with E-state index in [0.29, 0.717) is 41.6 Å². The summed E-state index contributed by atoms with van der Waals surface area (Å²) in [7, 11) is -1.85. The largest absolute Gasteiger partial charge is 0.381 e. The molecule has 2 heterocycles. The molecular weight excluding hydrogens is 446 g/mol. The van der Waals surface area contributed by atoms with Crippen LogP contribution in [0.1, 0.15) is 17.5 Å². The van der Waals surface area contributed by atoms with Gasteiger partial charge < -0.3 is 5.32 Å². The number of halogens is 1. The second-order valence-corrected chi connectivity index (χ2v) is 9.88. The lowest BCUT2D eigenvalue weighted by molar-refractivity contribution is 0.438. The van der Waals surface area contributed by atoms with Crippen molar-refractivity contribution < 1.29 is 8.42 Å². The maximum atomic E-state index is 12.5. The summed E-state index contributed by atoms with van der Waals surface area (Å²) in [5, 5.41) is 13.0. The van der Waals surface area contributed by atoms with Gasteiger partial charge in [-0.3, -0.25) is 9.29 Å². The first-order valence-electron chi connectivity index (χ1n) is 10.1. The zero-order valence-electron chi connectivity index (χ0n) is 17.5. The summed E-state index contributed by atoms with van der Waals surface area (Å²) in [5.74, 6) is 0. The zero-order valence-corrected chi connectivity index (χ0v) is 19.1. The summed E-state index contributed by atoms with van der Waals surface area (Å²) in [5.41, 5.74) is 4.43. The van der Waals surface area contributed by atoms with Crippen molar-refractivity contribution in [2.45, 2.75) is 13.0 Å². The molecule has 1 fully saturated rings. The molecular formula is C23H22ClN5O2S. The van der Waals surface area contributed by atoms with Crippen LogP contribution in [-0.4, -0.2) is 37.8 Å². The van der Waals surface area contributed by atoms with Gasteiger partial charge in [-0.25, -0.2) is 0 Å². The summed E-state index contributed by atoms with van der Waals surface area (Å²) in [6.45, 7) is 1.58. The number of nitrogens with one attached hydrogen (secondary N) is 1. The predicted octanol–water partition coefficient (Wildman–Crippen LogP) is 4.27. The lowest BCUT2D eigenvalue weighted by Crippen LogP contribution is -2.47. The highest BCUT2D eigenvalue weighted by Crippen LogP contribution is 2.30. The topological polar surface area (TPSA) is 89.3 Å². The smallest absolute Gasteiger partial charge is 0.303 e. The van der Waals surface area contributed by atoms with Crippen LogP contribution in [0, 0.1) is 11.3 Å². The summed E-state index contributed by atoms with van der Waals surface area (Å²) in [4.78, 5) is 4.33. The first-order chi connectivity index (χ1) is 15.4. The number of pyridine rings is 1. The van der Waals surface area contributed by atoms with E-state index in [1.807, 2.05) is 36.4 Å². The fourth-order valence-corrected chi connectivity index (χ4v) is 5.22. The van der Waals surface area contributed by atoms with Crippen LogP contribution in [0.25, 0.3) is 11.3 Å². The second kappa shape index (κ2) is 9.17. The number of rotatable bonds is 5. The van der Waals surface area contributed by atoms with E-state index in [4.69, 9.17) is 16.9 Å². The van der Waals surface area contributed by atoms with Gasteiger partial charge in [-0.2, -0.15) is 18.0 Å². The molecule has 32 heavy (non-hydrogen) atoms. The molecule has 0 unspecified atom stereocenters. The minimum atomic E-state index is -3.45. The Labute approximate surface area is 193 Å². The molecule has 0 spiro atoms. The highest BCUT2D eigenvalue weighted by atomic mass is 35.5. The van der Waals surface area contributed by atoms with Crippen molar-refractivity contribution in [3.8, 4) is 17.3 Å². The lowest BCUT2D eigenvalue weighted by Gasteiger charge is -2.33. The van der Waals surface area contributed by atoms with Gasteiger partial charge in [0.1, 0.15) is 0 Å². The van der Waals surface area contributed by atoms with Crippen molar-refractivity contribution >= 4 is 33.2 Å². The molecule has 0 radical (unpaired) electrons. The van der Waals surface area contributed by atoms with Gasteiger partial charge in [0, 0.05) is 44.1 Å². The van der Waals surface area contributed by atoms with Crippen LogP contribution >= 0.6 is 11.6 Å². The van der Waals surface area contributed by atoms with E-state index in [-0.39, 0.29) is 0 Å². The number of hydrogen-bond acceptors (Lipinski definition) is 5. The van der Waals surface area contributed by atoms with Crippen molar-refractivity contribution in [1.29, 1.82) is 5.26 Å². The Morgan fingerprint density at radius 1 is 1.12 bits per heavy atom. The maximum absolute atomic E-state index is 12.5. The highest BCUT2D eigenvalue weighted by Gasteiger charge is 2.30. The summed E-state index contributed by atoms with van der Waals surface area (Å²) in [6.07, 6.45) is 2.39. The number of benzene rings is 2. The Morgan fingerprint density at radius 2 is 1.91 bits per heavy atom. The van der Waals surface area contributed by atoms with Crippen LogP contribution in [0.5, 0.6) is 0 Å². The normalized spacial score (nSPS) is 15.8. The van der Waals surface area contributed by atoms with Crippen LogP contribution < -0.4 is 9.62 Å². The van der Waals surface area contributed by atoms with Crippen LogP contribution in [0.3, 0.4) is 0 Å². The molecule has 0 atom stereocenters. The second-order valence-electron chi connectivity index (χ2n) is 7.51. The molecule has 1 N–H and O–H groups in total. The van der Waals surface area contributed by atoms with Crippen LogP contribution in [0.4, 0.5) is 11.4 Å². The fraction of sp³-hybridized carbons (Fsp3) is 0.217. The minimum absolute atomic E-state index is 0.485. The Balaban J connectivity index is 1.48. The van der Waals surface area contributed by atoms with Gasteiger partial charge in [0.25, 0.3) is 0 Å². The molecule has 0 saturated carbocycles. The average Bonchev–Trinajstić information content (AvgIpc) is 2.81.